The standard InChI is InChI=1S/C40H30BN/c1-4-15-34(16-5-1)41(35-17-6-2-7-18-35)36-27-23-31(24-28-36)32-25-29-38(30-26-32)42(37-19-8-3-9-20-37)40-22-12-14-33-13-10-11-21-39(33)40/h1-30H. The molecule has 0 aliphatic rings. The van der Waals surface area contributed by atoms with Gasteiger partial charge in [-0.3, -0.25) is 0 Å². The quantitative estimate of drug-likeness (QED) is 0.185. The summed E-state index contributed by atoms with van der Waals surface area (Å²) in [7, 11) is 0. The van der Waals surface area contributed by atoms with Crippen LogP contribution in [0.25, 0.3) is 21.9 Å². The highest BCUT2D eigenvalue weighted by molar-refractivity contribution is 6.95. The fourth-order valence-electron chi connectivity index (χ4n) is 5.95. The van der Waals surface area contributed by atoms with E-state index in [1.165, 1.54) is 44.0 Å². The lowest BCUT2D eigenvalue weighted by atomic mass is 9.37. The van der Waals surface area contributed by atoms with Gasteiger partial charge in [0.25, 0.3) is 0 Å². The third kappa shape index (κ3) is 5.11. The zero-order valence-electron chi connectivity index (χ0n) is 23.3. The molecule has 0 atom stereocenters. The third-order valence-electron chi connectivity index (χ3n) is 7.99. The average molecular weight is 535 g/mol. The van der Waals surface area contributed by atoms with Crippen LogP contribution in [0.5, 0.6) is 0 Å². The molecule has 42 heavy (non-hydrogen) atoms. The number of hydrogen-bond donors (Lipinski definition) is 0. The lowest BCUT2D eigenvalue weighted by Crippen LogP contribution is -2.51. The Morgan fingerprint density at radius 2 is 0.786 bits per heavy atom. The van der Waals surface area contributed by atoms with Crippen LogP contribution in [0.2, 0.25) is 0 Å². The molecule has 0 spiro atoms. The summed E-state index contributed by atoms with van der Waals surface area (Å²) < 4.78 is 0. The minimum absolute atomic E-state index is 0.198. The van der Waals surface area contributed by atoms with E-state index in [9.17, 15) is 0 Å². The minimum Gasteiger partial charge on any atom is -0.310 e. The Morgan fingerprint density at radius 1 is 0.333 bits per heavy atom. The van der Waals surface area contributed by atoms with E-state index in [2.05, 4.69) is 187 Å². The van der Waals surface area contributed by atoms with E-state index in [0.29, 0.717) is 0 Å². The second kappa shape index (κ2) is 11.6. The molecule has 7 rings (SSSR count). The van der Waals surface area contributed by atoms with Crippen LogP contribution in [-0.4, -0.2) is 6.71 Å². The highest BCUT2D eigenvalue weighted by atomic mass is 15.1. The molecule has 0 unspecified atom stereocenters. The molecule has 0 saturated heterocycles. The lowest BCUT2D eigenvalue weighted by Gasteiger charge is -2.27. The van der Waals surface area contributed by atoms with E-state index in [0.717, 1.165) is 11.4 Å². The molecule has 0 aliphatic carbocycles. The Bertz CT molecular complexity index is 1850. The summed E-state index contributed by atoms with van der Waals surface area (Å²) in [4.78, 5) is 2.35. The van der Waals surface area contributed by atoms with Crippen LogP contribution >= 0.6 is 0 Å². The van der Waals surface area contributed by atoms with Gasteiger partial charge < -0.3 is 4.90 Å². The summed E-state index contributed by atoms with van der Waals surface area (Å²) in [6.07, 6.45) is 0. The summed E-state index contributed by atoms with van der Waals surface area (Å²) in [5.74, 6) is 0. The molecule has 2 heteroatoms. The fraction of sp³-hybridized carbons (Fsp3) is 0. The molecule has 0 fully saturated rings. The topological polar surface area (TPSA) is 3.24 Å². The summed E-state index contributed by atoms with van der Waals surface area (Å²) in [6.45, 7) is 0.198. The maximum atomic E-state index is 2.35. The van der Waals surface area contributed by atoms with Crippen LogP contribution in [0.1, 0.15) is 0 Å². The van der Waals surface area contributed by atoms with Gasteiger partial charge in [0, 0.05) is 16.8 Å². The Morgan fingerprint density at radius 3 is 1.40 bits per heavy atom. The summed E-state index contributed by atoms with van der Waals surface area (Å²) in [5, 5.41) is 2.46. The van der Waals surface area contributed by atoms with Gasteiger partial charge in [-0.15, -0.1) is 0 Å². The zero-order valence-corrected chi connectivity index (χ0v) is 23.3. The maximum Gasteiger partial charge on any atom is 0.241 e. The van der Waals surface area contributed by atoms with E-state index in [1.54, 1.807) is 0 Å². The molecular formula is C40H30BN. The van der Waals surface area contributed by atoms with Crippen LogP contribution < -0.4 is 21.3 Å². The predicted octanol–water partition coefficient (Wildman–Crippen LogP) is 8.49. The van der Waals surface area contributed by atoms with Crippen LogP contribution in [0.4, 0.5) is 17.1 Å². The van der Waals surface area contributed by atoms with Crippen molar-refractivity contribution in [1.82, 2.24) is 0 Å². The first-order valence-corrected chi connectivity index (χ1v) is 14.5. The molecule has 1 nitrogen and oxygen atoms in total. The maximum absolute atomic E-state index is 2.35. The second-order valence-electron chi connectivity index (χ2n) is 10.6. The summed E-state index contributed by atoms with van der Waals surface area (Å²) >= 11 is 0. The predicted molar refractivity (Wildman–Crippen MR) is 182 cm³/mol. The molecule has 198 valence electrons. The van der Waals surface area contributed by atoms with Gasteiger partial charge in [0.15, 0.2) is 0 Å². The van der Waals surface area contributed by atoms with Crippen molar-refractivity contribution in [3.63, 3.8) is 0 Å². The van der Waals surface area contributed by atoms with Gasteiger partial charge in [-0.25, -0.2) is 0 Å². The Balaban J connectivity index is 1.23. The van der Waals surface area contributed by atoms with Gasteiger partial charge in [-0.2, -0.15) is 0 Å². The second-order valence-corrected chi connectivity index (χ2v) is 10.6. The molecule has 0 N–H and O–H groups in total. The van der Waals surface area contributed by atoms with E-state index in [4.69, 9.17) is 0 Å². The van der Waals surface area contributed by atoms with Crippen LogP contribution in [0.15, 0.2) is 182 Å². The van der Waals surface area contributed by atoms with Crippen LogP contribution in [-0.2, 0) is 0 Å². The largest absolute Gasteiger partial charge is 0.310 e. The molecule has 7 aromatic carbocycles. The van der Waals surface area contributed by atoms with Crippen molar-refractivity contribution in [1.29, 1.82) is 0 Å². The van der Waals surface area contributed by atoms with Crippen molar-refractivity contribution in [2.75, 3.05) is 4.90 Å². The molecule has 0 heterocycles. The number of benzene rings is 7. The van der Waals surface area contributed by atoms with Gasteiger partial charge in [-0.05, 0) is 46.8 Å². The zero-order chi connectivity index (χ0) is 28.1. The first kappa shape index (κ1) is 25.6. The van der Waals surface area contributed by atoms with Gasteiger partial charge in [-0.1, -0.05) is 168 Å². The molecule has 0 bridgehead atoms. The molecule has 0 aromatic heterocycles. The van der Waals surface area contributed by atoms with Gasteiger partial charge in [0.05, 0.1) is 5.69 Å². The molecule has 0 aliphatic heterocycles. The molecule has 0 saturated carbocycles. The van der Waals surface area contributed by atoms with Crippen LogP contribution in [0.3, 0.4) is 0 Å². The van der Waals surface area contributed by atoms with Crippen LogP contribution in [0, 0.1) is 0 Å². The van der Waals surface area contributed by atoms with Gasteiger partial charge in [0.2, 0.25) is 6.71 Å². The minimum atomic E-state index is 0.198. The van der Waals surface area contributed by atoms with E-state index in [1.807, 2.05) is 0 Å². The molecule has 0 amide bonds. The summed E-state index contributed by atoms with van der Waals surface area (Å²) in [5.41, 5.74) is 9.74. The molecule has 7 aromatic rings. The van der Waals surface area contributed by atoms with E-state index < -0.39 is 0 Å². The van der Waals surface area contributed by atoms with Gasteiger partial charge >= 0.3 is 0 Å². The highest BCUT2D eigenvalue weighted by Crippen LogP contribution is 2.39. The fourth-order valence-corrected chi connectivity index (χ4v) is 5.95. The van der Waals surface area contributed by atoms with Crippen molar-refractivity contribution in [2.24, 2.45) is 0 Å². The van der Waals surface area contributed by atoms with Gasteiger partial charge in [0.1, 0.15) is 0 Å². The number of nitrogens with zero attached hydrogens (tertiary/aromatic N) is 1. The first-order chi connectivity index (χ1) is 20.8. The number of rotatable bonds is 7. The highest BCUT2D eigenvalue weighted by Gasteiger charge is 2.21. The summed E-state index contributed by atoms with van der Waals surface area (Å²) in [6, 6.07) is 65.2. The lowest BCUT2D eigenvalue weighted by molar-refractivity contribution is 1.30. The average Bonchev–Trinajstić information content (AvgIpc) is 3.07. The Kier molecular flexibility index (Phi) is 7.10. The van der Waals surface area contributed by atoms with Crippen molar-refractivity contribution in [2.45, 2.75) is 0 Å². The molecule has 0 radical (unpaired) electrons. The number of fused-ring (bicyclic) bond motifs is 1. The first-order valence-electron chi connectivity index (χ1n) is 14.5. The van der Waals surface area contributed by atoms with Crippen molar-refractivity contribution in [3.05, 3.63) is 182 Å². The smallest absolute Gasteiger partial charge is 0.241 e. The Labute approximate surface area is 248 Å². The van der Waals surface area contributed by atoms with E-state index >= 15 is 0 Å². The molecular weight excluding hydrogens is 505 g/mol. The number of anilines is 3. The SMILES string of the molecule is c1ccc(B(c2ccccc2)c2ccc(-c3ccc(N(c4ccccc4)c4cccc5ccccc45)cc3)cc2)cc1. The van der Waals surface area contributed by atoms with Crippen molar-refractivity contribution in [3.8, 4) is 11.1 Å². The normalized spacial score (nSPS) is 10.9. The van der Waals surface area contributed by atoms with E-state index in [-0.39, 0.29) is 6.71 Å². The number of para-hydroxylation sites is 1. The number of hydrogen-bond acceptors (Lipinski definition) is 1. The Hall–Kier alpha value is -5.34. The third-order valence-corrected chi connectivity index (χ3v) is 7.99. The monoisotopic (exact) mass is 535 g/mol. The van der Waals surface area contributed by atoms with Crippen molar-refractivity contribution < 1.29 is 0 Å². The van der Waals surface area contributed by atoms with Crippen molar-refractivity contribution >= 4 is 50.9 Å².